The number of hydrogen-bond acceptors (Lipinski definition) is 6. The molecule has 0 heterocycles. The van der Waals surface area contributed by atoms with Crippen molar-refractivity contribution in [2.24, 2.45) is 0 Å². The van der Waals surface area contributed by atoms with Crippen molar-refractivity contribution >= 4 is 17.9 Å². The van der Waals surface area contributed by atoms with Gasteiger partial charge in [-0.3, -0.25) is 9.59 Å². The molecule has 0 spiro atoms. The van der Waals surface area contributed by atoms with Gasteiger partial charge in [-0.25, -0.2) is 4.79 Å². The fourth-order valence-electron chi connectivity index (χ4n) is 7.86. The SMILES string of the molecule is CCCCCCCCCCCCCCCCCCCCCCCCCC(=O)OCC(COCCC(C(=O)O)[N+](C)(C)C)OC(=O)CCCCCCCCCCCCC. The van der Waals surface area contributed by atoms with Crippen molar-refractivity contribution in [3.63, 3.8) is 0 Å². The molecule has 0 radical (unpaired) electrons. The van der Waals surface area contributed by atoms with Crippen molar-refractivity contribution in [1.82, 2.24) is 0 Å². The molecule has 0 fully saturated rings. The highest BCUT2D eigenvalue weighted by Crippen LogP contribution is 2.17. The van der Waals surface area contributed by atoms with Crippen molar-refractivity contribution in [2.75, 3.05) is 41.0 Å². The summed E-state index contributed by atoms with van der Waals surface area (Å²) in [4.78, 5) is 37.0. The van der Waals surface area contributed by atoms with Crippen LogP contribution in [0.3, 0.4) is 0 Å². The molecule has 0 aliphatic rings. The highest BCUT2D eigenvalue weighted by molar-refractivity contribution is 5.72. The largest absolute Gasteiger partial charge is 0.477 e. The van der Waals surface area contributed by atoms with E-state index >= 15 is 0 Å². The predicted molar refractivity (Wildman–Crippen MR) is 243 cm³/mol. The number of esters is 2. The summed E-state index contributed by atoms with van der Waals surface area (Å²) < 4.78 is 17.3. The van der Waals surface area contributed by atoms with Crippen LogP contribution in [0.25, 0.3) is 0 Å². The number of unbranched alkanes of at least 4 members (excludes halogenated alkanes) is 32. The third-order valence-corrected chi connectivity index (χ3v) is 11.8. The van der Waals surface area contributed by atoms with Gasteiger partial charge in [0.25, 0.3) is 0 Å². The van der Waals surface area contributed by atoms with Crippen molar-refractivity contribution in [2.45, 2.75) is 264 Å². The van der Waals surface area contributed by atoms with E-state index in [0.717, 1.165) is 38.5 Å². The summed E-state index contributed by atoms with van der Waals surface area (Å²) in [6, 6.07) is -0.608. The van der Waals surface area contributed by atoms with Crippen LogP contribution < -0.4 is 0 Å². The monoisotopic (exact) mass is 825 g/mol. The van der Waals surface area contributed by atoms with E-state index in [0.29, 0.717) is 19.3 Å². The Labute approximate surface area is 359 Å². The first kappa shape index (κ1) is 56.3. The van der Waals surface area contributed by atoms with Crippen LogP contribution in [-0.4, -0.2) is 80.6 Å². The van der Waals surface area contributed by atoms with E-state index in [9.17, 15) is 19.5 Å². The zero-order valence-electron chi connectivity index (χ0n) is 39.3. The van der Waals surface area contributed by atoms with Crippen LogP contribution >= 0.6 is 0 Å². The van der Waals surface area contributed by atoms with Gasteiger partial charge in [0.1, 0.15) is 6.61 Å². The maximum absolute atomic E-state index is 12.7. The van der Waals surface area contributed by atoms with Gasteiger partial charge in [-0.1, -0.05) is 219 Å². The maximum atomic E-state index is 12.7. The number of quaternary nitrogens is 1. The van der Waals surface area contributed by atoms with Gasteiger partial charge < -0.3 is 23.8 Å². The zero-order valence-corrected chi connectivity index (χ0v) is 39.3. The summed E-state index contributed by atoms with van der Waals surface area (Å²) in [6.45, 7) is 4.78. The Bertz CT molecular complexity index is 920. The number of nitrogens with zero attached hydrogens (tertiary/aromatic N) is 1. The summed E-state index contributed by atoms with van der Waals surface area (Å²) in [5.74, 6) is -1.44. The minimum Gasteiger partial charge on any atom is -0.477 e. The van der Waals surface area contributed by atoms with Crippen LogP contribution in [0, 0.1) is 0 Å². The van der Waals surface area contributed by atoms with Gasteiger partial charge in [-0.05, 0) is 12.8 Å². The summed E-state index contributed by atoms with van der Waals surface area (Å²) in [6.07, 6.45) is 44.4. The molecule has 0 aromatic rings. The molecular formula is C50H98NO7+. The second-order valence-electron chi connectivity index (χ2n) is 18.4. The average Bonchev–Trinajstić information content (AvgIpc) is 3.18. The molecule has 0 aliphatic heterocycles. The molecular weight excluding hydrogens is 727 g/mol. The minimum atomic E-state index is -0.870. The third kappa shape index (κ3) is 39.8. The lowest BCUT2D eigenvalue weighted by atomic mass is 10.0. The smallest absolute Gasteiger partial charge is 0.362 e. The van der Waals surface area contributed by atoms with Crippen molar-refractivity contribution in [3.8, 4) is 0 Å². The van der Waals surface area contributed by atoms with Gasteiger partial charge in [0, 0.05) is 19.3 Å². The Morgan fingerprint density at radius 3 is 1.07 bits per heavy atom. The van der Waals surface area contributed by atoms with Gasteiger partial charge in [-0.2, -0.15) is 0 Å². The number of aliphatic carboxylic acids is 1. The molecule has 1 N–H and O–H groups in total. The number of carbonyl (C=O) groups excluding carboxylic acids is 2. The Balaban J connectivity index is 4.09. The van der Waals surface area contributed by atoms with Gasteiger partial charge >= 0.3 is 17.9 Å². The molecule has 0 aromatic heterocycles. The Kier molecular flexibility index (Phi) is 40.8. The van der Waals surface area contributed by atoms with E-state index in [1.807, 2.05) is 21.1 Å². The van der Waals surface area contributed by atoms with Crippen LogP contribution in [0.5, 0.6) is 0 Å². The van der Waals surface area contributed by atoms with E-state index < -0.39 is 18.1 Å². The maximum Gasteiger partial charge on any atom is 0.362 e. The Morgan fingerprint density at radius 2 is 0.759 bits per heavy atom. The molecule has 0 bridgehead atoms. The Morgan fingerprint density at radius 1 is 0.448 bits per heavy atom. The molecule has 0 saturated heterocycles. The van der Waals surface area contributed by atoms with Gasteiger partial charge in [0.15, 0.2) is 12.1 Å². The number of carboxylic acid groups (broad SMARTS) is 1. The molecule has 0 aliphatic carbocycles. The molecule has 8 nitrogen and oxygen atoms in total. The number of rotatable bonds is 46. The summed E-state index contributed by atoms with van der Waals surface area (Å²) >= 11 is 0. The standard InChI is InChI=1S/C50H97NO7/c1-6-8-10-12-14-16-18-19-20-21-22-23-24-25-26-27-28-29-31-32-34-36-38-40-48(52)57-45-46(44-56-43-42-47(50(54)55)51(3,4)5)58-49(53)41-39-37-35-33-30-17-15-13-11-9-7-2/h46-47H,6-45H2,1-5H3/p+1. The molecule has 2 atom stereocenters. The van der Waals surface area contributed by atoms with E-state index in [1.54, 1.807) is 0 Å². The number of hydrogen-bond donors (Lipinski definition) is 1. The first-order valence-electron chi connectivity index (χ1n) is 25.1. The summed E-state index contributed by atoms with van der Waals surface area (Å²) in [5.41, 5.74) is 0. The minimum absolute atomic E-state index is 0.0418. The fourth-order valence-corrected chi connectivity index (χ4v) is 7.86. The predicted octanol–water partition coefficient (Wildman–Crippen LogP) is 14.1. The lowest BCUT2D eigenvalue weighted by molar-refractivity contribution is -0.887. The number of carbonyl (C=O) groups is 3. The van der Waals surface area contributed by atoms with Crippen LogP contribution in [0.1, 0.15) is 251 Å². The summed E-state index contributed by atoms with van der Waals surface area (Å²) in [7, 11) is 5.54. The molecule has 0 rings (SSSR count). The highest BCUT2D eigenvalue weighted by Gasteiger charge is 2.31. The van der Waals surface area contributed by atoms with Crippen LogP contribution in [0.15, 0.2) is 0 Å². The molecule has 2 unspecified atom stereocenters. The van der Waals surface area contributed by atoms with E-state index in [1.165, 1.54) is 180 Å². The first-order valence-corrected chi connectivity index (χ1v) is 25.1. The number of ether oxygens (including phenoxy) is 3. The Hall–Kier alpha value is -1.67. The van der Waals surface area contributed by atoms with Crippen LogP contribution in [0.4, 0.5) is 0 Å². The number of likely N-dealkylation sites (N-methyl/N-ethyl adjacent to an activating group) is 1. The summed E-state index contributed by atoms with van der Waals surface area (Å²) in [5, 5.41) is 9.63. The van der Waals surface area contributed by atoms with Crippen molar-refractivity contribution < 1.29 is 38.2 Å². The zero-order chi connectivity index (χ0) is 42.8. The molecule has 0 amide bonds. The lowest BCUT2D eigenvalue weighted by Crippen LogP contribution is -2.50. The van der Waals surface area contributed by atoms with Gasteiger partial charge in [0.2, 0.25) is 0 Å². The van der Waals surface area contributed by atoms with E-state index in [4.69, 9.17) is 14.2 Å². The van der Waals surface area contributed by atoms with Crippen LogP contribution in [0.2, 0.25) is 0 Å². The van der Waals surface area contributed by atoms with Crippen LogP contribution in [-0.2, 0) is 28.6 Å². The molecule has 0 aromatic carbocycles. The van der Waals surface area contributed by atoms with Crippen molar-refractivity contribution in [1.29, 1.82) is 0 Å². The fraction of sp³-hybridized carbons (Fsp3) is 0.940. The van der Waals surface area contributed by atoms with Gasteiger partial charge in [-0.15, -0.1) is 0 Å². The van der Waals surface area contributed by atoms with Gasteiger partial charge in [0.05, 0.1) is 34.4 Å². The number of carboxylic acids is 1. The molecule has 58 heavy (non-hydrogen) atoms. The lowest BCUT2D eigenvalue weighted by Gasteiger charge is -2.31. The molecule has 344 valence electrons. The first-order chi connectivity index (χ1) is 28.1. The topological polar surface area (TPSA) is 99.1 Å². The second kappa shape index (κ2) is 42.0. The molecule has 0 saturated carbocycles. The quantitative estimate of drug-likeness (QED) is 0.0371. The molecule has 8 heteroatoms. The second-order valence-corrected chi connectivity index (χ2v) is 18.4. The highest BCUT2D eigenvalue weighted by atomic mass is 16.6. The average molecular weight is 825 g/mol. The van der Waals surface area contributed by atoms with E-state index in [2.05, 4.69) is 13.8 Å². The van der Waals surface area contributed by atoms with Crippen molar-refractivity contribution in [3.05, 3.63) is 0 Å². The normalized spacial score (nSPS) is 12.8. The van der Waals surface area contributed by atoms with E-state index in [-0.39, 0.29) is 36.2 Å². The third-order valence-electron chi connectivity index (χ3n) is 11.8.